The van der Waals surface area contributed by atoms with Crippen LogP contribution in [0.4, 0.5) is 5.82 Å². The molecule has 2 heterocycles. The van der Waals surface area contributed by atoms with Gasteiger partial charge in [-0.25, -0.2) is 9.78 Å². The second-order valence-electron chi connectivity index (χ2n) is 3.66. The van der Waals surface area contributed by atoms with E-state index in [2.05, 4.69) is 20.2 Å². The molecule has 0 unspecified atom stereocenters. The first kappa shape index (κ1) is 10.8. The molecule has 6 heteroatoms. The van der Waals surface area contributed by atoms with Gasteiger partial charge in [0.25, 0.3) is 0 Å². The zero-order valence-corrected chi connectivity index (χ0v) is 8.89. The fourth-order valence-corrected chi connectivity index (χ4v) is 1.69. The zero-order chi connectivity index (χ0) is 11.4. The number of nitrogens with zero attached hydrogens (tertiary/aromatic N) is 3. The number of carbonyl (C=O) groups is 1. The molecule has 86 valence electrons. The Hall–Kier alpha value is -1.69. The summed E-state index contributed by atoms with van der Waals surface area (Å²) in [5.74, 6) is -0.397. The lowest BCUT2D eigenvalue weighted by molar-refractivity contribution is 0.0690. The number of rotatable bonds is 2. The minimum absolute atomic E-state index is 0.00490. The summed E-state index contributed by atoms with van der Waals surface area (Å²) >= 11 is 0. The van der Waals surface area contributed by atoms with Crippen LogP contribution < -0.4 is 10.2 Å². The average Bonchev–Trinajstić information content (AvgIpc) is 2.57. The molecule has 1 saturated heterocycles. The maximum Gasteiger partial charge on any atom is 0.356 e. The number of nitrogens with one attached hydrogen (secondary N) is 1. The van der Waals surface area contributed by atoms with Crippen LogP contribution in [0.2, 0.25) is 0 Å². The van der Waals surface area contributed by atoms with Gasteiger partial charge >= 0.3 is 5.97 Å². The SMILES string of the molecule is O=C(O)c1cncc(N2CCCNCC2)n1. The third kappa shape index (κ3) is 2.46. The Balaban J connectivity index is 2.18. The quantitative estimate of drug-likeness (QED) is 0.732. The second kappa shape index (κ2) is 4.89. The van der Waals surface area contributed by atoms with Crippen molar-refractivity contribution in [3.8, 4) is 0 Å². The van der Waals surface area contributed by atoms with Gasteiger partial charge in [-0.2, -0.15) is 0 Å². The van der Waals surface area contributed by atoms with E-state index in [9.17, 15) is 4.79 Å². The largest absolute Gasteiger partial charge is 0.476 e. The van der Waals surface area contributed by atoms with Crippen LogP contribution in [0.5, 0.6) is 0 Å². The molecule has 1 aromatic heterocycles. The first-order valence-electron chi connectivity index (χ1n) is 5.28. The van der Waals surface area contributed by atoms with E-state index >= 15 is 0 Å². The number of hydrogen-bond donors (Lipinski definition) is 2. The molecule has 0 aromatic carbocycles. The molecular weight excluding hydrogens is 208 g/mol. The van der Waals surface area contributed by atoms with Crippen LogP contribution >= 0.6 is 0 Å². The number of aromatic carboxylic acids is 1. The summed E-state index contributed by atoms with van der Waals surface area (Å²) in [6, 6.07) is 0. The van der Waals surface area contributed by atoms with E-state index in [0.717, 1.165) is 32.6 Å². The fourth-order valence-electron chi connectivity index (χ4n) is 1.69. The fraction of sp³-hybridized carbons (Fsp3) is 0.500. The van der Waals surface area contributed by atoms with Gasteiger partial charge in [0.2, 0.25) is 0 Å². The van der Waals surface area contributed by atoms with Crippen molar-refractivity contribution < 1.29 is 9.90 Å². The summed E-state index contributed by atoms with van der Waals surface area (Å²) in [7, 11) is 0. The predicted molar refractivity (Wildman–Crippen MR) is 58.7 cm³/mol. The molecule has 1 aliphatic rings. The van der Waals surface area contributed by atoms with E-state index in [1.807, 2.05) is 0 Å². The molecule has 0 spiro atoms. The Kier molecular flexibility index (Phi) is 3.31. The van der Waals surface area contributed by atoms with E-state index in [0.29, 0.717) is 5.82 Å². The molecule has 0 atom stereocenters. The molecule has 2 N–H and O–H groups in total. The van der Waals surface area contributed by atoms with Gasteiger partial charge in [0, 0.05) is 19.6 Å². The highest BCUT2D eigenvalue weighted by molar-refractivity contribution is 5.85. The van der Waals surface area contributed by atoms with Crippen LogP contribution in [0, 0.1) is 0 Å². The highest BCUT2D eigenvalue weighted by atomic mass is 16.4. The van der Waals surface area contributed by atoms with Gasteiger partial charge in [0.15, 0.2) is 5.69 Å². The molecule has 0 aliphatic carbocycles. The normalized spacial score (nSPS) is 16.9. The lowest BCUT2D eigenvalue weighted by Gasteiger charge is -2.20. The Morgan fingerprint density at radius 1 is 1.38 bits per heavy atom. The van der Waals surface area contributed by atoms with Crippen LogP contribution in [0.15, 0.2) is 12.4 Å². The molecule has 2 rings (SSSR count). The Morgan fingerprint density at radius 2 is 2.25 bits per heavy atom. The molecule has 16 heavy (non-hydrogen) atoms. The highest BCUT2D eigenvalue weighted by Crippen LogP contribution is 2.10. The van der Waals surface area contributed by atoms with Crippen molar-refractivity contribution in [2.45, 2.75) is 6.42 Å². The molecule has 0 bridgehead atoms. The standard InChI is InChI=1S/C10H14N4O2/c15-10(16)8-6-12-7-9(13-8)14-4-1-2-11-3-5-14/h6-7,11H,1-5H2,(H,15,16). The predicted octanol–water partition coefficient (Wildman–Crippen LogP) is -0.0255. The molecule has 0 radical (unpaired) electrons. The summed E-state index contributed by atoms with van der Waals surface area (Å²) in [4.78, 5) is 20.8. The Labute approximate surface area is 93.3 Å². The summed E-state index contributed by atoms with van der Waals surface area (Å²) in [5.41, 5.74) is -0.00490. The van der Waals surface area contributed by atoms with Crippen molar-refractivity contribution in [2.75, 3.05) is 31.1 Å². The van der Waals surface area contributed by atoms with Gasteiger partial charge < -0.3 is 15.3 Å². The summed E-state index contributed by atoms with van der Waals surface area (Å²) in [6.45, 7) is 3.59. The summed E-state index contributed by atoms with van der Waals surface area (Å²) in [5, 5.41) is 12.1. The van der Waals surface area contributed by atoms with Crippen molar-refractivity contribution in [3.05, 3.63) is 18.1 Å². The number of anilines is 1. The number of carboxylic acid groups (broad SMARTS) is 1. The topological polar surface area (TPSA) is 78.3 Å². The molecule has 0 saturated carbocycles. The van der Waals surface area contributed by atoms with Crippen LogP contribution in [0.3, 0.4) is 0 Å². The van der Waals surface area contributed by atoms with Crippen molar-refractivity contribution >= 4 is 11.8 Å². The van der Waals surface area contributed by atoms with Crippen LogP contribution in [0.25, 0.3) is 0 Å². The van der Waals surface area contributed by atoms with E-state index in [1.54, 1.807) is 6.20 Å². The number of aromatic nitrogens is 2. The maximum absolute atomic E-state index is 10.8. The lowest BCUT2D eigenvalue weighted by Crippen LogP contribution is -2.29. The minimum atomic E-state index is -1.04. The van der Waals surface area contributed by atoms with Crippen LogP contribution in [0.1, 0.15) is 16.9 Å². The highest BCUT2D eigenvalue weighted by Gasteiger charge is 2.13. The molecule has 0 amide bonds. The average molecular weight is 222 g/mol. The van der Waals surface area contributed by atoms with Gasteiger partial charge in [-0.3, -0.25) is 4.98 Å². The first-order chi connectivity index (χ1) is 7.77. The minimum Gasteiger partial charge on any atom is -0.476 e. The molecule has 1 fully saturated rings. The van der Waals surface area contributed by atoms with Crippen molar-refractivity contribution in [2.24, 2.45) is 0 Å². The van der Waals surface area contributed by atoms with E-state index in [1.165, 1.54) is 6.20 Å². The van der Waals surface area contributed by atoms with Crippen LogP contribution in [-0.4, -0.2) is 47.2 Å². The first-order valence-corrected chi connectivity index (χ1v) is 5.28. The second-order valence-corrected chi connectivity index (χ2v) is 3.66. The third-order valence-corrected chi connectivity index (χ3v) is 2.51. The van der Waals surface area contributed by atoms with Gasteiger partial charge in [-0.05, 0) is 13.0 Å². The van der Waals surface area contributed by atoms with Gasteiger partial charge in [-0.1, -0.05) is 0 Å². The zero-order valence-electron chi connectivity index (χ0n) is 8.89. The summed E-state index contributed by atoms with van der Waals surface area (Å²) in [6.07, 6.45) is 3.90. The summed E-state index contributed by atoms with van der Waals surface area (Å²) < 4.78 is 0. The Morgan fingerprint density at radius 3 is 3.06 bits per heavy atom. The lowest BCUT2D eigenvalue weighted by atomic mass is 10.4. The number of carboxylic acids is 1. The van der Waals surface area contributed by atoms with Crippen molar-refractivity contribution in [1.82, 2.24) is 15.3 Å². The molecule has 1 aromatic rings. The third-order valence-electron chi connectivity index (χ3n) is 2.51. The monoisotopic (exact) mass is 222 g/mol. The molecular formula is C10H14N4O2. The van der Waals surface area contributed by atoms with E-state index in [-0.39, 0.29) is 5.69 Å². The van der Waals surface area contributed by atoms with Crippen molar-refractivity contribution in [1.29, 1.82) is 0 Å². The van der Waals surface area contributed by atoms with Crippen LogP contribution in [-0.2, 0) is 0 Å². The number of hydrogen-bond acceptors (Lipinski definition) is 5. The van der Waals surface area contributed by atoms with Gasteiger partial charge in [0.1, 0.15) is 5.82 Å². The van der Waals surface area contributed by atoms with E-state index in [4.69, 9.17) is 5.11 Å². The molecule has 1 aliphatic heterocycles. The van der Waals surface area contributed by atoms with Gasteiger partial charge in [0.05, 0.1) is 12.4 Å². The van der Waals surface area contributed by atoms with Gasteiger partial charge in [-0.15, -0.1) is 0 Å². The Bertz CT molecular complexity index is 375. The van der Waals surface area contributed by atoms with Crippen molar-refractivity contribution in [3.63, 3.8) is 0 Å². The maximum atomic E-state index is 10.8. The molecule has 6 nitrogen and oxygen atoms in total. The smallest absolute Gasteiger partial charge is 0.356 e. The van der Waals surface area contributed by atoms with E-state index < -0.39 is 5.97 Å².